The van der Waals surface area contributed by atoms with Crippen LogP contribution in [0.3, 0.4) is 0 Å². The molecule has 0 bridgehead atoms. The Morgan fingerprint density at radius 3 is 2.71 bits per heavy atom. The van der Waals surface area contributed by atoms with Gasteiger partial charge in [0.15, 0.2) is 0 Å². The maximum Gasteiger partial charge on any atom is 0.239 e. The summed E-state index contributed by atoms with van der Waals surface area (Å²) < 4.78 is 0. The lowest BCUT2D eigenvalue weighted by Gasteiger charge is -2.33. The molecule has 0 spiro atoms. The van der Waals surface area contributed by atoms with E-state index in [0.29, 0.717) is 12.0 Å². The molecule has 0 radical (unpaired) electrons. The highest BCUT2D eigenvalue weighted by molar-refractivity contribution is 5.82. The van der Waals surface area contributed by atoms with E-state index in [9.17, 15) is 4.79 Å². The maximum atomic E-state index is 12.3. The molecule has 3 nitrogen and oxygen atoms in total. The van der Waals surface area contributed by atoms with Crippen LogP contribution in [-0.2, 0) is 4.79 Å². The van der Waals surface area contributed by atoms with Crippen molar-refractivity contribution in [2.24, 2.45) is 17.6 Å². The van der Waals surface area contributed by atoms with Crippen molar-refractivity contribution in [2.75, 3.05) is 6.54 Å². The molecule has 2 fully saturated rings. The monoisotopic (exact) mass is 238 g/mol. The fraction of sp³-hybridized carbons (Fsp3) is 0.929. The molecule has 1 aliphatic carbocycles. The summed E-state index contributed by atoms with van der Waals surface area (Å²) in [5.41, 5.74) is 6.03. The first-order valence-electron chi connectivity index (χ1n) is 7.15. The standard InChI is InChI=1S/C14H26N2O/c1-10(2)9-12(15)14(17)16-8-7-11-5-3-4-6-13(11)16/h10-13H,3-9,15H2,1-2H3/t11?,12-,13?/m0/s1. The predicted molar refractivity (Wildman–Crippen MR) is 69.5 cm³/mol. The Balaban J connectivity index is 1.95. The van der Waals surface area contributed by atoms with Crippen LogP contribution < -0.4 is 5.73 Å². The molecule has 1 saturated carbocycles. The van der Waals surface area contributed by atoms with Gasteiger partial charge in [0.05, 0.1) is 6.04 Å². The molecule has 1 amide bonds. The van der Waals surface area contributed by atoms with Crippen molar-refractivity contribution < 1.29 is 4.79 Å². The summed E-state index contributed by atoms with van der Waals surface area (Å²) in [6.45, 7) is 5.20. The van der Waals surface area contributed by atoms with Gasteiger partial charge in [-0.05, 0) is 37.5 Å². The van der Waals surface area contributed by atoms with Gasteiger partial charge in [-0.2, -0.15) is 0 Å². The number of nitrogens with two attached hydrogens (primary N) is 1. The van der Waals surface area contributed by atoms with E-state index in [-0.39, 0.29) is 11.9 Å². The smallest absolute Gasteiger partial charge is 0.239 e. The highest BCUT2D eigenvalue weighted by Gasteiger charge is 2.39. The van der Waals surface area contributed by atoms with E-state index in [0.717, 1.165) is 18.9 Å². The third-order valence-corrected chi connectivity index (χ3v) is 4.34. The predicted octanol–water partition coefficient (Wildman–Crippen LogP) is 2.15. The molecule has 98 valence electrons. The zero-order valence-electron chi connectivity index (χ0n) is 11.2. The number of rotatable bonds is 3. The molecule has 0 aromatic carbocycles. The number of likely N-dealkylation sites (tertiary alicyclic amines) is 1. The van der Waals surface area contributed by atoms with Gasteiger partial charge >= 0.3 is 0 Å². The molecular weight excluding hydrogens is 212 g/mol. The first-order valence-corrected chi connectivity index (χ1v) is 7.15. The highest BCUT2D eigenvalue weighted by Crippen LogP contribution is 2.36. The third kappa shape index (κ3) is 2.82. The Kier molecular flexibility index (Phi) is 4.08. The second-order valence-corrected chi connectivity index (χ2v) is 6.17. The van der Waals surface area contributed by atoms with Gasteiger partial charge in [0, 0.05) is 12.6 Å². The van der Waals surface area contributed by atoms with E-state index in [4.69, 9.17) is 5.73 Å². The molecule has 2 N–H and O–H groups in total. The van der Waals surface area contributed by atoms with Crippen LogP contribution >= 0.6 is 0 Å². The largest absolute Gasteiger partial charge is 0.338 e. The third-order valence-electron chi connectivity index (χ3n) is 4.34. The van der Waals surface area contributed by atoms with E-state index in [1.807, 2.05) is 0 Å². The Morgan fingerprint density at radius 1 is 1.29 bits per heavy atom. The van der Waals surface area contributed by atoms with Crippen molar-refractivity contribution >= 4 is 5.91 Å². The first kappa shape index (κ1) is 12.9. The van der Waals surface area contributed by atoms with Gasteiger partial charge in [-0.3, -0.25) is 4.79 Å². The molecule has 3 heteroatoms. The minimum absolute atomic E-state index is 0.202. The SMILES string of the molecule is CC(C)C[C@H](N)C(=O)N1CCC2CCCCC21. The van der Waals surface area contributed by atoms with Crippen molar-refractivity contribution in [2.45, 2.75) is 64.5 Å². The van der Waals surface area contributed by atoms with E-state index < -0.39 is 0 Å². The zero-order valence-corrected chi connectivity index (χ0v) is 11.2. The summed E-state index contributed by atoms with van der Waals surface area (Å²) in [7, 11) is 0. The molecular formula is C14H26N2O. The van der Waals surface area contributed by atoms with Crippen molar-refractivity contribution in [1.82, 2.24) is 4.90 Å². The van der Waals surface area contributed by atoms with Crippen molar-refractivity contribution in [3.63, 3.8) is 0 Å². The molecule has 1 aliphatic heterocycles. The van der Waals surface area contributed by atoms with Crippen LogP contribution in [0.4, 0.5) is 0 Å². The fourth-order valence-electron chi connectivity index (χ4n) is 3.50. The van der Waals surface area contributed by atoms with Gasteiger partial charge in [-0.1, -0.05) is 26.7 Å². The number of hydrogen-bond acceptors (Lipinski definition) is 2. The van der Waals surface area contributed by atoms with Gasteiger partial charge < -0.3 is 10.6 Å². The summed E-state index contributed by atoms with van der Waals surface area (Å²) in [4.78, 5) is 14.4. The van der Waals surface area contributed by atoms with Gasteiger partial charge in [-0.25, -0.2) is 0 Å². The van der Waals surface area contributed by atoms with Crippen LogP contribution in [0.25, 0.3) is 0 Å². The quantitative estimate of drug-likeness (QED) is 0.819. The van der Waals surface area contributed by atoms with Crippen molar-refractivity contribution in [3.8, 4) is 0 Å². The Morgan fingerprint density at radius 2 is 2.00 bits per heavy atom. The molecule has 3 atom stereocenters. The number of hydrogen-bond donors (Lipinski definition) is 1. The summed E-state index contributed by atoms with van der Waals surface area (Å²) in [6.07, 6.45) is 7.15. The number of nitrogens with zero attached hydrogens (tertiary/aromatic N) is 1. The summed E-state index contributed by atoms with van der Waals surface area (Å²) in [6, 6.07) is 0.227. The zero-order chi connectivity index (χ0) is 12.4. The topological polar surface area (TPSA) is 46.3 Å². The van der Waals surface area contributed by atoms with E-state index in [2.05, 4.69) is 18.7 Å². The van der Waals surface area contributed by atoms with Crippen LogP contribution in [0.1, 0.15) is 52.4 Å². The molecule has 2 aliphatic rings. The molecule has 2 rings (SSSR count). The minimum atomic E-state index is -0.282. The van der Waals surface area contributed by atoms with Gasteiger partial charge in [0.2, 0.25) is 5.91 Å². The fourth-order valence-corrected chi connectivity index (χ4v) is 3.50. The Bertz CT molecular complexity index is 277. The van der Waals surface area contributed by atoms with Gasteiger partial charge in [0.25, 0.3) is 0 Å². The number of carbonyl (C=O) groups is 1. The summed E-state index contributed by atoms with van der Waals surface area (Å²) in [5, 5.41) is 0. The van der Waals surface area contributed by atoms with Crippen LogP contribution in [0, 0.1) is 11.8 Å². The number of amides is 1. The van der Waals surface area contributed by atoms with E-state index in [1.165, 1.54) is 32.1 Å². The highest BCUT2D eigenvalue weighted by atomic mass is 16.2. The average molecular weight is 238 g/mol. The second kappa shape index (κ2) is 5.38. The lowest BCUT2D eigenvalue weighted by molar-refractivity contribution is -0.134. The Hall–Kier alpha value is -0.570. The molecule has 17 heavy (non-hydrogen) atoms. The van der Waals surface area contributed by atoms with Gasteiger partial charge in [-0.15, -0.1) is 0 Å². The van der Waals surface area contributed by atoms with Crippen LogP contribution in [0.2, 0.25) is 0 Å². The minimum Gasteiger partial charge on any atom is -0.338 e. The molecule has 0 aromatic rings. The second-order valence-electron chi connectivity index (χ2n) is 6.17. The Labute approximate surface area is 105 Å². The molecule has 1 heterocycles. The average Bonchev–Trinajstić information content (AvgIpc) is 2.70. The van der Waals surface area contributed by atoms with Crippen molar-refractivity contribution in [1.29, 1.82) is 0 Å². The van der Waals surface area contributed by atoms with E-state index >= 15 is 0 Å². The number of fused-ring (bicyclic) bond motifs is 1. The van der Waals surface area contributed by atoms with Gasteiger partial charge in [0.1, 0.15) is 0 Å². The normalized spacial score (nSPS) is 30.5. The maximum absolute atomic E-state index is 12.3. The molecule has 1 saturated heterocycles. The molecule has 0 aromatic heterocycles. The van der Waals surface area contributed by atoms with E-state index in [1.54, 1.807) is 0 Å². The summed E-state index contributed by atoms with van der Waals surface area (Å²) >= 11 is 0. The lowest BCUT2D eigenvalue weighted by atomic mass is 9.85. The first-order chi connectivity index (χ1) is 8.09. The van der Waals surface area contributed by atoms with Crippen molar-refractivity contribution in [3.05, 3.63) is 0 Å². The molecule has 2 unspecified atom stereocenters. The lowest BCUT2D eigenvalue weighted by Crippen LogP contribution is -2.48. The van der Waals surface area contributed by atoms with Crippen LogP contribution in [0.5, 0.6) is 0 Å². The van der Waals surface area contributed by atoms with Crippen LogP contribution in [0.15, 0.2) is 0 Å². The number of carbonyl (C=O) groups excluding carboxylic acids is 1. The summed E-state index contributed by atoms with van der Waals surface area (Å²) in [5.74, 6) is 1.46. The van der Waals surface area contributed by atoms with Crippen LogP contribution in [-0.4, -0.2) is 29.4 Å².